The Hall–Kier alpha value is -1.17. The van der Waals surface area contributed by atoms with Crippen molar-refractivity contribution >= 4 is 5.97 Å². The van der Waals surface area contributed by atoms with Crippen LogP contribution in [0.2, 0.25) is 0 Å². The number of carboxylic acid groups (broad SMARTS) is 1. The van der Waals surface area contributed by atoms with Crippen LogP contribution >= 0.6 is 0 Å². The molecule has 0 spiro atoms. The van der Waals surface area contributed by atoms with Crippen molar-refractivity contribution in [3.63, 3.8) is 0 Å². The number of rotatable bonds is 5. The number of ether oxygens (including phenoxy) is 1. The normalized spacial score (nSPS) is 38.5. The highest BCUT2D eigenvalue weighted by atomic mass is 16.7. The molecule has 0 aliphatic carbocycles. The van der Waals surface area contributed by atoms with Gasteiger partial charge in [0.15, 0.2) is 0 Å². The van der Waals surface area contributed by atoms with Gasteiger partial charge in [-0.05, 0) is 0 Å². The third kappa shape index (κ3) is 3.05. The van der Waals surface area contributed by atoms with E-state index in [2.05, 4.69) is 5.11 Å². The van der Waals surface area contributed by atoms with Gasteiger partial charge >= 0.3 is 5.97 Å². The Morgan fingerprint density at radius 3 is 2.53 bits per heavy atom. The Balaban J connectivity index is 3.02. The van der Waals surface area contributed by atoms with Gasteiger partial charge in [-0.3, -0.25) is 0 Å². The van der Waals surface area contributed by atoms with E-state index in [0.717, 1.165) is 0 Å². The Morgan fingerprint density at radius 2 is 2.11 bits per heavy atom. The number of aliphatic carboxylic acids is 1. The van der Waals surface area contributed by atoms with Gasteiger partial charge in [0.25, 0.3) is 5.79 Å². The number of aliphatic hydroxyl groups is 5. The highest BCUT2D eigenvalue weighted by Crippen LogP contribution is 2.31. The number of hydrogen-bond acceptors (Lipinski definition) is 9. The molecule has 0 aromatic heterocycles. The molecule has 0 saturated carbocycles. The summed E-state index contributed by atoms with van der Waals surface area (Å²) in [6.45, 7) is -0.854. The summed E-state index contributed by atoms with van der Waals surface area (Å²) in [7, 11) is 0. The zero-order valence-electron chi connectivity index (χ0n) is 9.75. The molecule has 110 valence electrons. The Labute approximate surface area is 107 Å². The van der Waals surface area contributed by atoms with Crippen molar-refractivity contribution in [1.29, 1.82) is 5.53 Å². The smallest absolute Gasteiger partial charge is 0.364 e. The topological polar surface area (TPSA) is 184 Å². The largest absolute Gasteiger partial charge is 0.477 e. The third-order valence-electron chi connectivity index (χ3n) is 2.95. The van der Waals surface area contributed by atoms with Crippen LogP contribution in [-0.4, -0.2) is 79.5 Å². The van der Waals surface area contributed by atoms with E-state index in [-0.39, 0.29) is 0 Å². The molecule has 0 radical (unpaired) electrons. The molecule has 0 aromatic carbocycles. The number of nitrogens with one attached hydrogen (secondary N) is 1. The summed E-state index contributed by atoms with van der Waals surface area (Å²) >= 11 is 0. The summed E-state index contributed by atoms with van der Waals surface area (Å²) in [5.74, 6) is -4.55. The Bertz CT molecular complexity index is 353. The van der Waals surface area contributed by atoms with Gasteiger partial charge in [0.2, 0.25) is 0 Å². The van der Waals surface area contributed by atoms with Crippen LogP contribution in [0.5, 0.6) is 0 Å². The van der Waals surface area contributed by atoms with Crippen LogP contribution in [0, 0.1) is 5.53 Å². The second-order valence-corrected chi connectivity index (χ2v) is 4.30. The number of carboxylic acids is 1. The molecule has 1 aliphatic heterocycles. The maximum absolute atomic E-state index is 10.9. The zero-order chi connectivity index (χ0) is 14.8. The molecule has 10 heteroatoms. The van der Waals surface area contributed by atoms with Crippen molar-refractivity contribution in [2.45, 2.75) is 42.7 Å². The fraction of sp³-hybridized carbons (Fsp3) is 0.889. The lowest BCUT2D eigenvalue weighted by Crippen LogP contribution is -2.62. The fourth-order valence-electron chi connectivity index (χ4n) is 1.86. The minimum absolute atomic E-state index is 0.742. The minimum atomic E-state index is -2.76. The van der Waals surface area contributed by atoms with Gasteiger partial charge in [0.05, 0.1) is 12.7 Å². The predicted octanol–water partition coefficient (Wildman–Crippen LogP) is -2.98. The summed E-state index contributed by atoms with van der Waals surface area (Å²) in [6.07, 6.45) is -7.47. The van der Waals surface area contributed by atoms with Crippen LogP contribution in [0.15, 0.2) is 5.11 Å². The van der Waals surface area contributed by atoms with Crippen molar-refractivity contribution in [3.05, 3.63) is 0 Å². The maximum Gasteiger partial charge on any atom is 0.364 e. The molecule has 0 amide bonds. The summed E-state index contributed by atoms with van der Waals surface area (Å²) in [4.78, 5) is 10.9. The van der Waals surface area contributed by atoms with Gasteiger partial charge in [-0.15, -0.1) is 0 Å². The van der Waals surface area contributed by atoms with E-state index in [1.807, 2.05) is 0 Å². The van der Waals surface area contributed by atoms with Crippen LogP contribution in [0.4, 0.5) is 0 Å². The molecule has 7 N–H and O–H groups in total. The van der Waals surface area contributed by atoms with Gasteiger partial charge in [-0.1, -0.05) is 0 Å². The molecule has 1 fully saturated rings. The summed E-state index contributed by atoms with van der Waals surface area (Å²) in [5, 5.41) is 58.8. The first-order valence-corrected chi connectivity index (χ1v) is 5.42. The van der Waals surface area contributed by atoms with Crippen LogP contribution in [0.1, 0.15) is 6.42 Å². The van der Waals surface area contributed by atoms with E-state index in [0.29, 0.717) is 0 Å². The fourth-order valence-corrected chi connectivity index (χ4v) is 1.86. The van der Waals surface area contributed by atoms with Crippen LogP contribution in [-0.2, 0) is 9.53 Å². The average Bonchev–Trinajstić information content (AvgIpc) is 2.36. The molecular formula is C9H16N2O8. The van der Waals surface area contributed by atoms with Crippen LogP contribution in [0.25, 0.3) is 0 Å². The van der Waals surface area contributed by atoms with Crippen molar-refractivity contribution in [2.75, 3.05) is 6.61 Å². The average molecular weight is 280 g/mol. The highest BCUT2D eigenvalue weighted by Gasteiger charge is 2.53. The first-order chi connectivity index (χ1) is 8.76. The lowest BCUT2D eigenvalue weighted by Gasteiger charge is -2.42. The molecule has 0 aromatic rings. The molecule has 1 aliphatic rings. The summed E-state index contributed by atoms with van der Waals surface area (Å²) < 4.78 is 4.76. The van der Waals surface area contributed by atoms with Crippen LogP contribution < -0.4 is 0 Å². The monoisotopic (exact) mass is 280 g/mol. The minimum Gasteiger partial charge on any atom is -0.477 e. The Morgan fingerprint density at radius 1 is 1.53 bits per heavy atom. The van der Waals surface area contributed by atoms with Crippen molar-refractivity contribution < 1.29 is 40.2 Å². The van der Waals surface area contributed by atoms with E-state index in [9.17, 15) is 25.2 Å². The second kappa shape index (κ2) is 5.86. The van der Waals surface area contributed by atoms with Gasteiger partial charge in [-0.2, -0.15) is 5.11 Å². The summed E-state index contributed by atoms with van der Waals surface area (Å²) in [6, 6.07) is -1.36. The molecule has 1 heterocycles. The van der Waals surface area contributed by atoms with E-state index in [1.54, 1.807) is 0 Å². The van der Waals surface area contributed by atoms with Gasteiger partial charge in [0, 0.05) is 6.42 Å². The molecule has 6 atom stereocenters. The van der Waals surface area contributed by atoms with Gasteiger partial charge in [-0.25, -0.2) is 10.3 Å². The van der Waals surface area contributed by atoms with E-state index in [1.165, 1.54) is 0 Å². The lowest BCUT2D eigenvalue weighted by molar-refractivity contribution is -0.293. The lowest BCUT2D eigenvalue weighted by atomic mass is 9.89. The number of nitrogens with zero attached hydrogens (tertiary/aromatic N) is 1. The molecule has 1 rings (SSSR count). The maximum atomic E-state index is 10.9. The first kappa shape index (κ1) is 15.9. The number of aliphatic hydroxyl groups excluding tert-OH is 4. The second-order valence-electron chi connectivity index (χ2n) is 4.30. The summed E-state index contributed by atoms with van der Waals surface area (Å²) in [5.41, 5.74) is 6.89. The van der Waals surface area contributed by atoms with E-state index < -0.39 is 55.2 Å². The van der Waals surface area contributed by atoms with Crippen molar-refractivity contribution in [2.24, 2.45) is 5.11 Å². The third-order valence-corrected chi connectivity index (χ3v) is 2.95. The first-order valence-electron chi connectivity index (χ1n) is 5.42. The van der Waals surface area contributed by atoms with Gasteiger partial charge in [0.1, 0.15) is 24.4 Å². The van der Waals surface area contributed by atoms with Gasteiger partial charge < -0.3 is 35.4 Å². The zero-order valence-corrected chi connectivity index (χ0v) is 9.75. The van der Waals surface area contributed by atoms with Crippen LogP contribution in [0.3, 0.4) is 0 Å². The quantitative estimate of drug-likeness (QED) is 0.260. The molecular weight excluding hydrogens is 264 g/mol. The molecule has 1 saturated heterocycles. The molecule has 19 heavy (non-hydrogen) atoms. The number of hydrogen-bond donors (Lipinski definition) is 7. The standard InChI is InChI=1S/C9H16N2O8/c10-11-5-3(13)1-9(18,8(16)17)19-7(5)6(15)4(14)2-12/h3-7,10,12-15,18H,1-2H2,(H,16,17)/t3?,4?,5-,6-,7?,9-/m1/s1. The molecule has 3 unspecified atom stereocenters. The molecule has 10 nitrogen and oxygen atoms in total. The van der Waals surface area contributed by atoms with Crippen molar-refractivity contribution in [3.8, 4) is 0 Å². The van der Waals surface area contributed by atoms with E-state index in [4.69, 9.17) is 20.5 Å². The Kier molecular flexibility index (Phi) is 4.90. The SMILES string of the molecule is N=N[C@@H]1C(O)C[C@](O)(C(=O)O)OC1[C@H](O)C(O)CO. The highest BCUT2D eigenvalue weighted by molar-refractivity contribution is 5.75. The number of carbonyl (C=O) groups is 1. The van der Waals surface area contributed by atoms with E-state index >= 15 is 0 Å². The molecule has 0 bridgehead atoms. The van der Waals surface area contributed by atoms with Crippen molar-refractivity contribution in [1.82, 2.24) is 0 Å². The predicted molar refractivity (Wildman–Crippen MR) is 56.1 cm³/mol.